The van der Waals surface area contributed by atoms with Crippen LogP contribution in [0.25, 0.3) is 0 Å². The number of pyridine rings is 1. The molecule has 4 heteroatoms. The number of benzene rings is 1. The van der Waals surface area contributed by atoms with Crippen LogP contribution in [0.15, 0.2) is 36.5 Å². The summed E-state index contributed by atoms with van der Waals surface area (Å²) in [4.78, 5) is 15.6. The molecule has 0 spiro atoms. The maximum Gasteiger partial charge on any atom is 0.224 e. The first-order valence-electron chi connectivity index (χ1n) is 6.68. The molecule has 2 rings (SSSR count). The highest BCUT2D eigenvalue weighted by Gasteiger charge is 2.02. The van der Waals surface area contributed by atoms with Crippen LogP contribution in [0.3, 0.4) is 0 Å². The summed E-state index contributed by atoms with van der Waals surface area (Å²) < 4.78 is 0. The van der Waals surface area contributed by atoms with E-state index < -0.39 is 0 Å². The summed E-state index contributed by atoms with van der Waals surface area (Å²) in [6.45, 7) is 5.93. The third kappa shape index (κ3) is 3.57. The van der Waals surface area contributed by atoms with E-state index in [1.807, 2.05) is 19.1 Å². The molecule has 0 bridgehead atoms. The van der Waals surface area contributed by atoms with E-state index in [1.165, 1.54) is 11.1 Å². The van der Waals surface area contributed by atoms with E-state index in [2.05, 4.69) is 47.7 Å². The van der Waals surface area contributed by atoms with Gasteiger partial charge in [-0.15, -0.1) is 0 Å². The standard InChI is InChI=1S/C16H19N3O/c1-4-16(20)18-13-7-8-15(17-10-13)19-14-9-11(2)5-6-12(14)3/h5-10H,4H2,1-3H3,(H,17,19)(H,18,20). The number of amides is 1. The molecule has 4 nitrogen and oxygen atoms in total. The SMILES string of the molecule is CCC(=O)Nc1ccc(Nc2cc(C)ccc2C)nc1. The predicted octanol–water partition coefficient (Wildman–Crippen LogP) is 3.79. The lowest BCUT2D eigenvalue weighted by molar-refractivity contribution is -0.115. The summed E-state index contributed by atoms with van der Waals surface area (Å²) >= 11 is 0. The Bertz CT molecular complexity index is 606. The van der Waals surface area contributed by atoms with E-state index in [4.69, 9.17) is 0 Å². The Morgan fingerprint density at radius 3 is 2.65 bits per heavy atom. The fourth-order valence-electron chi connectivity index (χ4n) is 1.80. The van der Waals surface area contributed by atoms with Gasteiger partial charge in [-0.2, -0.15) is 0 Å². The molecule has 0 fully saturated rings. The summed E-state index contributed by atoms with van der Waals surface area (Å²) in [5.74, 6) is 0.746. The number of anilines is 3. The minimum Gasteiger partial charge on any atom is -0.340 e. The second kappa shape index (κ2) is 6.19. The van der Waals surface area contributed by atoms with Crippen molar-refractivity contribution < 1.29 is 4.79 Å². The molecule has 0 unspecified atom stereocenters. The lowest BCUT2D eigenvalue weighted by Gasteiger charge is -2.10. The fourth-order valence-corrected chi connectivity index (χ4v) is 1.80. The minimum absolute atomic E-state index is 0.0120. The van der Waals surface area contributed by atoms with E-state index in [0.29, 0.717) is 12.1 Å². The molecule has 2 N–H and O–H groups in total. The Labute approximate surface area is 119 Å². The molecular weight excluding hydrogens is 250 g/mol. The van der Waals surface area contributed by atoms with Gasteiger partial charge in [0.1, 0.15) is 5.82 Å². The minimum atomic E-state index is -0.0120. The van der Waals surface area contributed by atoms with Crippen LogP contribution in [0.1, 0.15) is 24.5 Å². The number of rotatable bonds is 4. The second-order valence-corrected chi connectivity index (χ2v) is 4.78. The van der Waals surface area contributed by atoms with Crippen LogP contribution in [0, 0.1) is 13.8 Å². The van der Waals surface area contributed by atoms with Gasteiger partial charge >= 0.3 is 0 Å². The molecule has 1 aromatic heterocycles. The number of hydrogen-bond donors (Lipinski definition) is 2. The van der Waals surface area contributed by atoms with Crippen LogP contribution in [0.5, 0.6) is 0 Å². The molecule has 20 heavy (non-hydrogen) atoms. The molecule has 0 atom stereocenters. The summed E-state index contributed by atoms with van der Waals surface area (Å²) in [6.07, 6.45) is 2.11. The van der Waals surface area contributed by atoms with Gasteiger partial charge in [0.2, 0.25) is 5.91 Å². The Morgan fingerprint density at radius 1 is 1.20 bits per heavy atom. The monoisotopic (exact) mass is 269 g/mol. The highest BCUT2D eigenvalue weighted by molar-refractivity contribution is 5.90. The molecule has 0 aliphatic carbocycles. The van der Waals surface area contributed by atoms with Crippen molar-refractivity contribution in [2.45, 2.75) is 27.2 Å². The van der Waals surface area contributed by atoms with Gasteiger partial charge in [-0.05, 0) is 43.2 Å². The van der Waals surface area contributed by atoms with Gasteiger partial charge < -0.3 is 10.6 Å². The summed E-state index contributed by atoms with van der Waals surface area (Å²) in [6, 6.07) is 9.94. The molecule has 0 aliphatic heterocycles. The molecule has 1 heterocycles. The van der Waals surface area contributed by atoms with Gasteiger partial charge in [-0.1, -0.05) is 19.1 Å². The van der Waals surface area contributed by atoms with Crippen molar-refractivity contribution in [3.8, 4) is 0 Å². The predicted molar refractivity (Wildman–Crippen MR) is 82.4 cm³/mol. The van der Waals surface area contributed by atoms with Crippen molar-refractivity contribution >= 4 is 23.1 Å². The van der Waals surface area contributed by atoms with E-state index in [1.54, 1.807) is 6.20 Å². The summed E-state index contributed by atoms with van der Waals surface area (Å²) in [5.41, 5.74) is 4.12. The molecular formula is C16H19N3O. The zero-order valence-electron chi connectivity index (χ0n) is 12.0. The average Bonchev–Trinajstić information content (AvgIpc) is 2.45. The topological polar surface area (TPSA) is 54.0 Å². The van der Waals surface area contributed by atoms with Crippen LogP contribution < -0.4 is 10.6 Å². The molecule has 0 saturated heterocycles. The van der Waals surface area contributed by atoms with Gasteiger partial charge in [0.25, 0.3) is 0 Å². The normalized spacial score (nSPS) is 10.2. The van der Waals surface area contributed by atoms with Gasteiger partial charge in [-0.25, -0.2) is 4.98 Å². The number of aromatic nitrogens is 1. The summed E-state index contributed by atoms with van der Waals surface area (Å²) in [7, 11) is 0. The van der Waals surface area contributed by atoms with Crippen molar-refractivity contribution in [3.63, 3.8) is 0 Å². The molecule has 104 valence electrons. The number of nitrogens with zero attached hydrogens (tertiary/aromatic N) is 1. The number of aryl methyl sites for hydroxylation is 2. The van der Waals surface area contributed by atoms with Crippen molar-refractivity contribution in [2.24, 2.45) is 0 Å². The van der Waals surface area contributed by atoms with Gasteiger partial charge in [0.05, 0.1) is 11.9 Å². The highest BCUT2D eigenvalue weighted by Crippen LogP contribution is 2.21. The first-order chi connectivity index (χ1) is 9.58. The van der Waals surface area contributed by atoms with Crippen LogP contribution >= 0.6 is 0 Å². The lowest BCUT2D eigenvalue weighted by atomic mass is 10.1. The first-order valence-corrected chi connectivity index (χ1v) is 6.68. The number of hydrogen-bond acceptors (Lipinski definition) is 3. The molecule has 1 amide bonds. The zero-order valence-corrected chi connectivity index (χ0v) is 12.0. The average molecular weight is 269 g/mol. The van der Waals surface area contributed by atoms with E-state index >= 15 is 0 Å². The third-order valence-electron chi connectivity index (χ3n) is 3.02. The van der Waals surface area contributed by atoms with Crippen LogP contribution in [0.2, 0.25) is 0 Å². The zero-order chi connectivity index (χ0) is 14.5. The van der Waals surface area contributed by atoms with Crippen molar-refractivity contribution in [3.05, 3.63) is 47.7 Å². The number of nitrogens with one attached hydrogen (secondary N) is 2. The van der Waals surface area contributed by atoms with Crippen LogP contribution in [-0.4, -0.2) is 10.9 Å². The number of carbonyl (C=O) groups excluding carboxylic acids is 1. The molecule has 2 aromatic rings. The molecule has 0 saturated carbocycles. The van der Waals surface area contributed by atoms with Crippen LogP contribution in [0.4, 0.5) is 17.2 Å². The highest BCUT2D eigenvalue weighted by atomic mass is 16.1. The van der Waals surface area contributed by atoms with Gasteiger partial charge in [0, 0.05) is 12.1 Å². The molecule has 1 aromatic carbocycles. The third-order valence-corrected chi connectivity index (χ3v) is 3.02. The van der Waals surface area contributed by atoms with Gasteiger partial charge in [-0.3, -0.25) is 4.79 Å². The van der Waals surface area contributed by atoms with Crippen LogP contribution in [-0.2, 0) is 4.79 Å². The Hall–Kier alpha value is -2.36. The van der Waals surface area contributed by atoms with E-state index in [-0.39, 0.29) is 5.91 Å². The number of carbonyl (C=O) groups is 1. The lowest BCUT2D eigenvalue weighted by Crippen LogP contribution is -2.09. The van der Waals surface area contributed by atoms with Crippen molar-refractivity contribution in [2.75, 3.05) is 10.6 Å². The molecule has 0 radical (unpaired) electrons. The quantitative estimate of drug-likeness (QED) is 0.887. The maximum atomic E-state index is 11.3. The summed E-state index contributed by atoms with van der Waals surface area (Å²) in [5, 5.41) is 6.06. The van der Waals surface area contributed by atoms with E-state index in [9.17, 15) is 4.79 Å². The van der Waals surface area contributed by atoms with Gasteiger partial charge in [0.15, 0.2) is 0 Å². The Morgan fingerprint density at radius 2 is 2.00 bits per heavy atom. The second-order valence-electron chi connectivity index (χ2n) is 4.78. The molecule has 0 aliphatic rings. The van der Waals surface area contributed by atoms with Crippen molar-refractivity contribution in [1.82, 2.24) is 4.98 Å². The maximum absolute atomic E-state index is 11.3. The Kier molecular flexibility index (Phi) is 4.35. The van der Waals surface area contributed by atoms with Crippen molar-refractivity contribution in [1.29, 1.82) is 0 Å². The fraction of sp³-hybridized carbons (Fsp3) is 0.250. The first kappa shape index (κ1) is 14.1. The Balaban J connectivity index is 2.10. The largest absolute Gasteiger partial charge is 0.340 e. The van der Waals surface area contributed by atoms with E-state index in [0.717, 1.165) is 11.5 Å². The smallest absolute Gasteiger partial charge is 0.224 e.